The van der Waals surface area contributed by atoms with E-state index in [1.807, 2.05) is 6.92 Å². The van der Waals surface area contributed by atoms with E-state index >= 15 is 0 Å². The summed E-state index contributed by atoms with van der Waals surface area (Å²) in [6.45, 7) is 5.80. The van der Waals surface area contributed by atoms with Gasteiger partial charge in [0.15, 0.2) is 0 Å². The Morgan fingerprint density at radius 3 is 2.76 bits per heavy atom. The minimum absolute atomic E-state index is 0.218. The van der Waals surface area contributed by atoms with Crippen molar-refractivity contribution in [2.45, 2.75) is 64.7 Å². The van der Waals surface area contributed by atoms with Crippen molar-refractivity contribution in [3.05, 3.63) is 29.8 Å². The summed E-state index contributed by atoms with van der Waals surface area (Å²) < 4.78 is 6.04. The van der Waals surface area contributed by atoms with Crippen molar-refractivity contribution in [2.75, 3.05) is 6.54 Å². The molecule has 1 saturated carbocycles. The van der Waals surface area contributed by atoms with Crippen molar-refractivity contribution in [3.63, 3.8) is 0 Å². The molecule has 2 unspecified atom stereocenters. The normalized spacial score (nSPS) is 18.6. The van der Waals surface area contributed by atoms with E-state index in [0.29, 0.717) is 12.0 Å². The molecule has 1 aliphatic rings. The summed E-state index contributed by atoms with van der Waals surface area (Å²) in [5.74, 6) is 1.49. The highest BCUT2D eigenvalue weighted by molar-refractivity contribution is 5.28. The minimum Gasteiger partial charge on any atom is -0.490 e. The minimum atomic E-state index is -0.218. The number of rotatable bonds is 8. The van der Waals surface area contributed by atoms with Crippen molar-refractivity contribution in [2.24, 2.45) is 5.92 Å². The molecule has 0 heterocycles. The zero-order valence-electron chi connectivity index (χ0n) is 13.3. The molecule has 1 aromatic rings. The van der Waals surface area contributed by atoms with Gasteiger partial charge in [0, 0.05) is 6.54 Å². The highest BCUT2D eigenvalue weighted by Crippen LogP contribution is 2.24. The van der Waals surface area contributed by atoms with Gasteiger partial charge < -0.3 is 15.2 Å². The quantitative estimate of drug-likeness (QED) is 0.770. The Kier molecular flexibility index (Phi) is 6.52. The molecule has 0 radical (unpaired) electrons. The van der Waals surface area contributed by atoms with Crippen LogP contribution in [-0.2, 0) is 6.54 Å². The van der Waals surface area contributed by atoms with Gasteiger partial charge in [0.05, 0.1) is 12.2 Å². The lowest BCUT2D eigenvalue weighted by molar-refractivity contribution is 0.163. The predicted molar refractivity (Wildman–Crippen MR) is 86.5 cm³/mol. The van der Waals surface area contributed by atoms with Crippen molar-refractivity contribution in [1.29, 1.82) is 0 Å². The molecule has 0 amide bonds. The van der Waals surface area contributed by atoms with E-state index in [1.165, 1.54) is 31.2 Å². The highest BCUT2D eigenvalue weighted by Gasteiger charge is 2.16. The third-order valence-corrected chi connectivity index (χ3v) is 4.07. The van der Waals surface area contributed by atoms with Crippen LogP contribution in [0.5, 0.6) is 5.75 Å². The summed E-state index contributed by atoms with van der Waals surface area (Å²) >= 11 is 0. The number of aliphatic hydroxyl groups excluding tert-OH is 1. The molecular weight excluding hydrogens is 262 g/mol. The smallest absolute Gasteiger partial charge is 0.120 e. The lowest BCUT2D eigenvalue weighted by Gasteiger charge is -2.16. The lowest BCUT2D eigenvalue weighted by Crippen LogP contribution is -2.23. The Bertz CT molecular complexity index is 413. The van der Waals surface area contributed by atoms with E-state index in [0.717, 1.165) is 25.3 Å². The fraction of sp³-hybridized carbons (Fsp3) is 0.667. The molecule has 0 aliphatic heterocycles. The van der Waals surface area contributed by atoms with Gasteiger partial charge in [-0.3, -0.25) is 0 Å². The third-order valence-electron chi connectivity index (χ3n) is 4.07. The maximum absolute atomic E-state index is 9.37. The Morgan fingerprint density at radius 1 is 1.29 bits per heavy atom. The average molecular weight is 291 g/mol. The summed E-state index contributed by atoms with van der Waals surface area (Å²) in [5.41, 5.74) is 1.26. The maximum Gasteiger partial charge on any atom is 0.120 e. The first-order chi connectivity index (χ1) is 10.1. The molecule has 1 aliphatic carbocycles. The van der Waals surface area contributed by atoms with Gasteiger partial charge in [-0.25, -0.2) is 0 Å². The lowest BCUT2D eigenvalue weighted by atomic mass is 10.0. The first kappa shape index (κ1) is 16.3. The molecule has 2 atom stereocenters. The maximum atomic E-state index is 9.37. The Hall–Kier alpha value is -1.06. The van der Waals surface area contributed by atoms with Crippen LogP contribution in [0.4, 0.5) is 0 Å². The van der Waals surface area contributed by atoms with Crippen LogP contribution in [0, 0.1) is 5.92 Å². The zero-order chi connectivity index (χ0) is 15.1. The van der Waals surface area contributed by atoms with Crippen LogP contribution in [0.15, 0.2) is 24.3 Å². The Morgan fingerprint density at radius 2 is 2.05 bits per heavy atom. The summed E-state index contributed by atoms with van der Waals surface area (Å²) in [6.07, 6.45) is 6.03. The number of ether oxygens (including phenoxy) is 1. The molecule has 3 nitrogen and oxygen atoms in total. The van der Waals surface area contributed by atoms with Gasteiger partial charge in [-0.15, -0.1) is 0 Å². The van der Waals surface area contributed by atoms with E-state index in [1.54, 1.807) is 0 Å². The van der Waals surface area contributed by atoms with E-state index in [-0.39, 0.29) is 6.10 Å². The van der Waals surface area contributed by atoms with Crippen LogP contribution >= 0.6 is 0 Å². The molecule has 2 rings (SSSR count). The topological polar surface area (TPSA) is 41.5 Å². The van der Waals surface area contributed by atoms with Gasteiger partial charge >= 0.3 is 0 Å². The number of hydrogen-bond acceptors (Lipinski definition) is 3. The van der Waals surface area contributed by atoms with Crippen molar-refractivity contribution in [1.82, 2.24) is 5.32 Å². The first-order valence-corrected chi connectivity index (χ1v) is 8.28. The van der Waals surface area contributed by atoms with Gasteiger partial charge in [-0.2, -0.15) is 0 Å². The molecule has 2 N–H and O–H groups in total. The molecule has 118 valence electrons. The van der Waals surface area contributed by atoms with Crippen LogP contribution in [0.2, 0.25) is 0 Å². The fourth-order valence-corrected chi connectivity index (χ4v) is 3.06. The van der Waals surface area contributed by atoms with Crippen LogP contribution in [0.25, 0.3) is 0 Å². The van der Waals surface area contributed by atoms with Crippen LogP contribution in [-0.4, -0.2) is 23.9 Å². The molecule has 1 aromatic carbocycles. The van der Waals surface area contributed by atoms with E-state index in [2.05, 4.69) is 36.5 Å². The monoisotopic (exact) mass is 291 g/mol. The second-order valence-corrected chi connectivity index (χ2v) is 6.49. The SMILES string of the molecule is CC(O)CC(C)CNCc1cccc(OC2CCCC2)c1. The average Bonchev–Trinajstić information content (AvgIpc) is 2.91. The van der Waals surface area contributed by atoms with Crippen LogP contribution in [0.3, 0.4) is 0 Å². The van der Waals surface area contributed by atoms with Gasteiger partial charge in [-0.05, 0) is 69.2 Å². The van der Waals surface area contributed by atoms with Crippen molar-refractivity contribution >= 4 is 0 Å². The molecular formula is C18H29NO2. The summed E-state index contributed by atoms with van der Waals surface area (Å²) in [7, 11) is 0. The number of hydrogen-bond donors (Lipinski definition) is 2. The number of nitrogens with one attached hydrogen (secondary N) is 1. The molecule has 0 bridgehead atoms. The molecule has 3 heteroatoms. The number of benzene rings is 1. The summed E-state index contributed by atoms with van der Waals surface area (Å²) in [4.78, 5) is 0. The van der Waals surface area contributed by atoms with Crippen molar-refractivity contribution < 1.29 is 9.84 Å². The van der Waals surface area contributed by atoms with Gasteiger partial charge in [0.1, 0.15) is 5.75 Å². The van der Waals surface area contributed by atoms with Gasteiger partial charge in [0.2, 0.25) is 0 Å². The van der Waals surface area contributed by atoms with E-state index < -0.39 is 0 Å². The second-order valence-electron chi connectivity index (χ2n) is 6.49. The Labute approximate surface area is 128 Å². The largest absolute Gasteiger partial charge is 0.490 e. The first-order valence-electron chi connectivity index (χ1n) is 8.28. The summed E-state index contributed by atoms with van der Waals surface area (Å²) in [6, 6.07) is 8.40. The zero-order valence-corrected chi connectivity index (χ0v) is 13.3. The predicted octanol–water partition coefficient (Wildman–Crippen LogP) is 3.50. The number of aliphatic hydroxyl groups is 1. The fourth-order valence-electron chi connectivity index (χ4n) is 3.06. The van der Waals surface area contributed by atoms with Gasteiger partial charge in [-0.1, -0.05) is 19.1 Å². The molecule has 0 spiro atoms. The summed E-state index contributed by atoms with van der Waals surface area (Å²) in [5, 5.41) is 12.8. The van der Waals surface area contributed by atoms with Crippen LogP contribution in [0.1, 0.15) is 51.5 Å². The second kappa shape index (κ2) is 8.40. The van der Waals surface area contributed by atoms with Crippen LogP contribution < -0.4 is 10.1 Å². The highest BCUT2D eigenvalue weighted by atomic mass is 16.5. The Balaban J connectivity index is 1.75. The van der Waals surface area contributed by atoms with Gasteiger partial charge in [0.25, 0.3) is 0 Å². The van der Waals surface area contributed by atoms with E-state index in [9.17, 15) is 5.11 Å². The molecule has 0 saturated heterocycles. The van der Waals surface area contributed by atoms with Crippen molar-refractivity contribution in [3.8, 4) is 5.75 Å². The standard InChI is InChI=1S/C18H29NO2/c1-14(10-15(2)20)12-19-13-16-6-5-9-18(11-16)21-17-7-3-4-8-17/h5-6,9,11,14-15,17,19-20H,3-4,7-8,10,12-13H2,1-2H3. The third kappa shape index (κ3) is 6.06. The molecule has 21 heavy (non-hydrogen) atoms. The molecule has 1 fully saturated rings. The van der Waals surface area contributed by atoms with E-state index in [4.69, 9.17) is 4.74 Å². The molecule has 0 aromatic heterocycles.